The fourth-order valence-electron chi connectivity index (χ4n) is 2.64. The van der Waals surface area contributed by atoms with Crippen molar-refractivity contribution in [1.82, 2.24) is 0 Å². The van der Waals surface area contributed by atoms with Gasteiger partial charge in [-0.1, -0.05) is 96.8 Å². The Morgan fingerprint density at radius 1 is 0.615 bits per heavy atom. The molecule has 0 unspecified atom stereocenters. The van der Waals surface area contributed by atoms with Gasteiger partial charge in [-0.2, -0.15) is 0 Å². The van der Waals surface area contributed by atoms with Gasteiger partial charge in [0, 0.05) is 11.9 Å². The third-order valence-corrected chi connectivity index (χ3v) is 3.98. The second-order valence-electron chi connectivity index (χ2n) is 6.56. The summed E-state index contributed by atoms with van der Waals surface area (Å²) in [6.45, 7) is 3.24. The second-order valence-corrected chi connectivity index (χ2v) is 6.56. The summed E-state index contributed by atoms with van der Waals surface area (Å²) in [5.74, 6) is -1.99. The Balaban J connectivity index is -0.000000363. The van der Waals surface area contributed by atoms with Gasteiger partial charge in [-0.25, -0.2) is 0 Å². The van der Waals surface area contributed by atoms with Crippen molar-refractivity contribution in [3.63, 3.8) is 0 Å². The van der Waals surface area contributed by atoms with Gasteiger partial charge in [0.25, 0.3) is 0 Å². The van der Waals surface area contributed by atoms with Crippen LogP contribution in [0.2, 0.25) is 0 Å². The van der Waals surface area contributed by atoms with E-state index >= 15 is 0 Å². The summed E-state index contributed by atoms with van der Waals surface area (Å²) in [4.78, 5) is 19.1. The van der Waals surface area contributed by atoms with E-state index in [0.29, 0.717) is 0 Å². The van der Waals surface area contributed by atoms with E-state index in [9.17, 15) is 9.90 Å². The number of aliphatic carboxylic acids is 2. The molecule has 26 heavy (non-hydrogen) atoms. The van der Waals surface area contributed by atoms with Crippen LogP contribution in [0.3, 0.4) is 0 Å². The number of carbonyl (C=O) groups excluding carboxylic acids is 2. The molecule has 0 spiro atoms. The van der Waals surface area contributed by atoms with E-state index in [1.807, 2.05) is 0 Å². The number of unbranched alkanes of at least 4 members (excludes halogenated alkanes) is 14. The number of carboxylic acids is 2. The molecule has 0 fully saturated rings. The molecule has 0 radical (unpaired) electrons. The molecular formula is C20H38KLiO4. The minimum Gasteiger partial charge on any atom is -0.550 e. The molecule has 0 N–H and O–H groups in total. The fraction of sp³-hybridized carbons (Fsp3) is 0.900. The van der Waals surface area contributed by atoms with Gasteiger partial charge < -0.3 is 19.8 Å². The van der Waals surface area contributed by atoms with Crippen LogP contribution in [0.15, 0.2) is 0 Å². The van der Waals surface area contributed by atoms with Crippen LogP contribution in [0.1, 0.15) is 117 Å². The van der Waals surface area contributed by atoms with Crippen LogP contribution in [0.25, 0.3) is 0 Å². The van der Waals surface area contributed by atoms with Gasteiger partial charge in [0.1, 0.15) is 0 Å². The Labute approximate surface area is 216 Å². The Morgan fingerprint density at radius 2 is 0.846 bits per heavy atom. The maximum Gasteiger partial charge on any atom is 1.00 e. The molecule has 4 nitrogen and oxygen atoms in total. The van der Waals surface area contributed by atoms with Crippen LogP contribution in [-0.2, 0) is 9.59 Å². The standard InChI is InChI=1S/C18H36O2.C2H4O2.K.Li/c1-2-3-4-5-6-7-8-9-10-11-12-13-14-15-16-17-18(19)20;1-2(3)4;;/h2-17H2,1H3,(H,19,20);1H3,(H,3,4);;/q;;2*+1/p-2. The van der Waals surface area contributed by atoms with E-state index in [2.05, 4.69) is 6.92 Å². The quantitative estimate of drug-likeness (QED) is 0.221. The average molecular weight is 389 g/mol. The molecule has 0 aromatic carbocycles. The van der Waals surface area contributed by atoms with E-state index in [1.165, 1.54) is 83.5 Å². The molecule has 0 amide bonds. The number of hydrogen-bond donors (Lipinski definition) is 0. The summed E-state index contributed by atoms with van der Waals surface area (Å²) >= 11 is 0. The van der Waals surface area contributed by atoms with Gasteiger partial charge >= 0.3 is 70.2 Å². The number of carbonyl (C=O) groups is 2. The van der Waals surface area contributed by atoms with Crippen molar-refractivity contribution in [2.75, 3.05) is 0 Å². The first-order valence-electron chi connectivity index (χ1n) is 9.88. The molecule has 0 aliphatic rings. The molecule has 0 aromatic heterocycles. The van der Waals surface area contributed by atoms with Gasteiger partial charge in [-0.15, -0.1) is 0 Å². The molecule has 6 heteroatoms. The average Bonchev–Trinajstić information content (AvgIpc) is 2.50. The van der Waals surface area contributed by atoms with Crippen molar-refractivity contribution < 1.29 is 90.0 Å². The largest absolute Gasteiger partial charge is 1.00 e. The van der Waals surface area contributed by atoms with E-state index < -0.39 is 11.9 Å². The fourth-order valence-corrected chi connectivity index (χ4v) is 2.64. The van der Waals surface area contributed by atoms with Crippen LogP contribution in [0.4, 0.5) is 0 Å². The summed E-state index contributed by atoms with van der Waals surface area (Å²) in [5.41, 5.74) is 0. The first-order valence-corrected chi connectivity index (χ1v) is 9.88. The predicted molar refractivity (Wildman–Crippen MR) is 95.2 cm³/mol. The predicted octanol–water partition coefficient (Wildman–Crippen LogP) is -2.24. The van der Waals surface area contributed by atoms with Crippen molar-refractivity contribution in [3.05, 3.63) is 0 Å². The number of rotatable bonds is 16. The molecule has 0 heterocycles. The summed E-state index contributed by atoms with van der Waals surface area (Å²) in [6, 6.07) is 0. The third-order valence-electron chi connectivity index (χ3n) is 3.98. The Morgan fingerprint density at radius 3 is 1.08 bits per heavy atom. The molecule has 0 saturated heterocycles. The smallest absolute Gasteiger partial charge is 0.550 e. The van der Waals surface area contributed by atoms with Crippen molar-refractivity contribution in [2.45, 2.75) is 117 Å². The maximum atomic E-state index is 10.2. The topological polar surface area (TPSA) is 80.3 Å². The monoisotopic (exact) mass is 388 g/mol. The van der Waals surface area contributed by atoms with Crippen molar-refractivity contribution in [1.29, 1.82) is 0 Å². The van der Waals surface area contributed by atoms with Crippen molar-refractivity contribution in [2.24, 2.45) is 0 Å². The molecule has 0 atom stereocenters. The van der Waals surface area contributed by atoms with E-state index in [1.54, 1.807) is 0 Å². The molecule has 144 valence electrons. The molecule has 0 aliphatic heterocycles. The molecule has 0 rings (SSSR count). The van der Waals surface area contributed by atoms with Gasteiger partial charge in [0.2, 0.25) is 0 Å². The zero-order valence-electron chi connectivity index (χ0n) is 17.9. The normalized spacial score (nSPS) is 9.31. The first kappa shape index (κ1) is 34.7. The summed E-state index contributed by atoms with van der Waals surface area (Å²) in [7, 11) is 0. The third kappa shape index (κ3) is 44.5. The van der Waals surface area contributed by atoms with Gasteiger partial charge in [-0.05, 0) is 19.8 Å². The SMILES string of the molecule is CC(=O)[O-].CCCCCCCCCCCCCCCCCC(=O)[O-].[K+].[Li+]. The zero-order chi connectivity index (χ0) is 18.5. The van der Waals surface area contributed by atoms with Crippen LogP contribution in [0, 0.1) is 0 Å². The van der Waals surface area contributed by atoms with Gasteiger partial charge in [-0.3, -0.25) is 0 Å². The van der Waals surface area contributed by atoms with E-state index in [4.69, 9.17) is 9.90 Å². The maximum absolute atomic E-state index is 10.2. The minimum atomic E-state index is -1.08. The van der Waals surface area contributed by atoms with Crippen LogP contribution in [0.5, 0.6) is 0 Å². The van der Waals surface area contributed by atoms with Crippen molar-refractivity contribution in [3.8, 4) is 0 Å². The summed E-state index contributed by atoms with van der Waals surface area (Å²) in [5, 5.41) is 19.1. The Bertz CT molecular complexity index is 285. The summed E-state index contributed by atoms with van der Waals surface area (Å²) in [6.07, 6.45) is 19.9. The second kappa shape index (κ2) is 30.9. The molecular weight excluding hydrogens is 350 g/mol. The van der Waals surface area contributed by atoms with Gasteiger partial charge in [0.05, 0.1) is 0 Å². The van der Waals surface area contributed by atoms with E-state index in [0.717, 1.165) is 19.8 Å². The summed E-state index contributed by atoms with van der Waals surface area (Å²) < 4.78 is 0. The minimum absolute atomic E-state index is 0. The Kier molecular flexibility index (Phi) is 41.2. The zero-order valence-corrected chi connectivity index (χ0v) is 21.1. The number of carboxylic acid groups (broad SMARTS) is 2. The molecule has 0 aromatic rings. The van der Waals surface area contributed by atoms with E-state index in [-0.39, 0.29) is 76.7 Å². The Hall–Kier alpha value is 1.17. The first-order chi connectivity index (χ1) is 11.5. The molecule has 0 bridgehead atoms. The number of hydrogen-bond acceptors (Lipinski definition) is 4. The molecule has 0 saturated carbocycles. The van der Waals surface area contributed by atoms with Crippen LogP contribution >= 0.6 is 0 Å². The molecule has 0 aliphatic carbocycles. The van der Waals surface area contributed by atoms with Crippen LogP contribution in [-0.4, -0.2) is 11.9 Å². The van der Waals surface area contributed by atoms with Gasteiger partial charge in [0.15, 0.2) is 0 Å². The van der Waals surface area contributed by atoms with Crippen molar-refractivity contribution >= 4 is 11.9 Å². The van der Waals surface area contributed by atoms with Crippen LogP contribution < -0.4 is 80.5 Å².